The lowest BCUT2D eigenvalue weighted by molar-refractivity contribution is 0.154. The fraction of sp³-hybridized carbons (Fsp3) is 0.194. The van der Waals surface area contributed by atoms with Crippen LogP contribution in [0.1, 0.15) is 32.1 Å². The molecule has 1 fully saturated rings. The van der Waals surface area contributed by atoms with E-state index >= 15 is 0 Å². The molecule has 0 unspecified atom stereocenters. The smallest absolute Gasteiger partial charge is 0.138 e. The van der Waals surface area contributed by atoms with Gasteiger partial charge in [0.05, 0.1) is 29.2 Å². The molecular formula is C31H26FN5O. The molecule has 1 aliphatic carbocycles. The summed E-state index contributed by atoms with van der Waals surface area (Å²) in [6, 6.07) is 18.7. The summed E-state index contributed by atoms with van der Waals surface area (Å²) in [5.74, 6) is 0.550. The van der Waals surface area contributed by atoms with Gasteiger partial charge in [-0.2, -0.15) is 5.10 Å². The van der Waals surface area contributed by atoms with Crippen molar-refractivity contribution in [3.05, 3.63) is 85.1 Å². The minimum atomic E-state index is -0.268. The number of aromatic nitrogens is 5. The SMILES string of the molecule is Fc1ccc(-c2nccc3[nH]c(-c4n[nH]c5ccc(-c6cncc(OC7CCCCC7)c6)cc45)cc23)cc1. The largest absolute Gasteiger partial charge is 0.489 e. The number of H-pyrrole nitrogens is 2. The first-order valence-electron chi connectivity index (χ1n) is 13.1. The van der Waals surface area contributed by atoms with Gasteiger partial charge in [-0.1, -0.05) is 12.5 Å². The second-order valence-corrected chi connectivity index (χ2v) is 9.93. The monoisotopic (exact) mass is 503 g/mol. The molecule has 0 atom stereocenters. The molecule has 1 saturated carbocycles. The normalized spacial score (nSPS) is 14.3. The van der Waals surface area contributed by atoms with Crippen LogP contribution >= 0.6 is 0 Å². The van der Waals surface area contributed by atoms with Crippen molar-refractivity contribution in [2.75, 3.05) is 0 Å². The lowest BCUT2D eigenvalue weighted by atomic mass is 9.98. The number of halogens is 1. The molecule has 7 rings (SSSR count). The summed E-state index contributed by atoms with van der Waals surface area (Å²) < 4.78 is 19.7. The first-order chi connectivity index (χ1) is 18.7. The summed E-state index contributed by atoms with van der Waals surface area (Å²) in [6.45, 7) is 0. The highest BCUT2D eigenvalue weighted by molar-refractivity contribution is 6.00. The Morgan fingerprint density at radius 2 is 1.58 bits per heavy atom. The predicted molar refractivity (Wildman–Crippen MR) is 147 cm³/mol. The molecule has 6 aromatic rings. The van der Waals surface area contributed by atoms with Crippen molar-refractivity contribution in [3.63, 3.8) is 0 Å². The Morgan fingerprint density at radius 3 is 2.45 bits per heavy atom. The first kappa shape index (κ1) is 22.7. The molecule has 1 aliphatic rings. The maximum atomic E-state index is 13.5. The maximum Gasteiger partial charge on any atom is 0.138 e. The van der Waals surface area contributed by atoms with Crippen LogP contribution in [-0.2, 0) is 0 Å². The number of rotatable bonds is 5. The number of aromatic amines is 2. The first-order valence-corrected chi connectivity index (χ1v) is 13.1. The van der Waals surface area contributed by atoms with Crippen molar-refractivity contribution < 1.29 is 9.13 Å². The number of benzene rings is 2. The number of nitrogens with one attached hydrogen (secondary N) is 2. The molecule has 0 saturated heterocycles. The van der Waals surface area contributed by atoms with E-state index in [1.165, 1.54) is 31.4 Å². The zero-order valence-corrected chi connectivity index (χ0v) is 20.7. The van der Waals surface area contributed by atoms with Gasteiger partial charge in [-0.15, -0.1) is 0 Å². The Morgan fingerprint density at radius 1 is 0.763 bits per heavy atom. The topological polar surface area (TPSA) is 79.5 Å². The third kappa shape index (κ3) is 4.20. The molecule has 188 valence electrons. The average Bonchev–Trinajstić information content (AvgIpc) is 3.58. The van der Waals surface area contributed by atoms with E-state index in [1.807, 2.05) is 18.3 Å². The predicted octanol–water partition coefficient (Wildman–Crippen LogP) is 7.69. The standard InChI is InChI=1S/C31H26FN5O/c32-22-9-6-19(7-10-22)30-26-16-29(35-27(26)12-13-34-30)31-25-15-20(8-11-28(25)36-37-31)21-14-24(18-33-17-21)38-23-4-2-1-3-5-23/h6-18,23,35H,1-5H2,(H,36,37). The number of nitrogens with zero attached hydrogens (tertiary/aromatic N) is 3. The zero-order chi connectivity index (χ0) is 25.5. The van der Waals surface area contributed by atoms with E-state index < -0.39 is 0 Å². The number of fused-ring (bicyclic) bond motifs is 2. The molecule has 38 heavy (non-hydrogen) atoms. The number of ether oxygens (including phenoxy) is 1. The third-order valence-corrected chi connectivity index (χ3v) is 7.39. The molecule has 6 nitrogen and oxygen atoms in total. The Hall–Kier alpha value is -4.52. The van der Waals surface area contributed by atoms with E-state index in [0.717, 1.165) is 74.2 Å². The number of hydrogen-bond acceptors (Lipinski definition) is 4. The fourth-order valence-electron chi connectivity index (χ4n) is 5.43. The van der Waals surface area contributed by atoms with E-state index in [1.54, 1.807) is 24.5 Å². The second kappa shape index (κ2) is 9.41. The summed E-state index contributed by atoms with van der Waals surface area (Å²) >= 11 is 0. The summed E-state index contributed by atoms with van der Waals surface area (Å²) in [5.41, 5.74) is 7.31. The van der Waals surface area contributed by atoms with Crippen molar-refractivity contribution >= 4 is 21.8 Å². The van der Waals surface area contributed by atoms with Crippen LogP contribution < -0.4 is 4.74 Å². The van der Waals surface area contributed by atoms with Crippen molar-refractivity contribution in [1.29, 1.82) is 0 Å². The van der Waals surface area contributed by atoms with Crippen LogP contribution in [-0.4, -0.2) is 31.3 Å². The van der Waals surface area contributed by atoms with E-state index in [9.17, 15) is 4.39 Å². The highest BCUT2D eigenvalue weighted by atomic mass is 19.1. The molecule has 0 amide bonds. The quantitative estimate of drug-likeness (QED) is 0.253. The highest BCUT2D eigenvalue weighted by Gasteiger charge is 2.17. The van der Waals surface area contributed by atoms with Gasteiger partial charge in [-0.05, 0) is 85.8 Å². The van der Waals surface area contributed by atoms with Crippen LogP contribution in [0.3, 0.4) is 0 Å². The minimum Gasteiger partial charge on any atom is -0.489 e. The van der Waals surface area contributed by atoms with Gasteiger partial charge in [0, 0.05) is 39.8 Å². The molecule has 0 radical (unpaired) electrons. The molecule has 2 N–H and O–H groups in total. The van der Waals surface area contributed by atoms with E-state index in [4.69, 9.17) is 4.74 Å². The summed E-state index contributed by atoms with van der Waals surface area (Å²) in [6.07, 6.45) is 11.7. The maximum absolute atomic E-state index is 13.5. The Bertz CT molecular complexity index is 1750. The van der Waals surface area contributed by atoms with Crippen molar-refractivity contribution in [2.45, 2.75) is 38.2 Å². The van der Waals surface area contributed by atoms with Gasteiger partial charge in [0.15, 0.2) is 0 Å². The molecule has 2 aromatic carbocycles. The molecule has 4 heterocycles. The fourth-order valence-corrected chi connectivity index (χ4v) is 5.43. The van der Waals surface area contributed by atoms with Gasteiger partial charge in [-0.3, -0.25) is 15.1 Å². The van der Waals surface area contributed by atoms with Gasteiger partial charge in [0.2, 0.25) is 0 Å². The Labute approximate surface area is 218 Å². The van der Waals surface area contributed by atoms with Gasteiger partial charge in [0.1, 0.15) is 17.3 Å². The van der Waals surface area contributed by atoms with E-state index in [0.29, 0.717) is 0 Å². The molecular weight excluding hydrogens is 477 g/mol. The summed E-state index contributed by atoms with van der Waals surface area (Å²) in [5, 5.41) is 9.76. The third-order valence-electron chi connectivity index (χ3n) is 7.39. The van der Waals surface area contributed by atoms with Gasteiger partial charge >= 0.3 is 0 Å². The Kier molecular flexibility index (Phi) is 5.61. The lowest BCUT2D eigenvalue weighted by Gasteiger charge is -2.23. The van der Waals surface area contributed by atoms with Crippen LogP contribution in [0, 0.1) is 5.82 Å². The molecule has 0 aliphatic heterocycles. The highest BCUT2D eigenvalue weighted by Crippen LogP contribution is 2.35. The lowest BCUT2D eigenvalue weighted by Crippen LogP contribution is -2.19. The zero-order valence-electron chi connectivity index (χ0n) is 20.7. The van der Waals surface area contributed by atoms with Gasteiger partial charge in [0.25, 0.3) is 0 Å². The van der Waals surface area contributed by atoms with E-state index in [-0.39, 0.29) is 11.9 Å². The molecule has 0 spiro atoms. The van der Waals surface area contributed by atoms with E-state index in [2.05, 4.69) is 49.4 Å². The van der Waals surface area contributed by atoms with Crippen molar-refractivity contribution in [1.82, 2.24) is 25.1 Å². The summed E-state index contributed by atoms with van der Waals surface area (Å²) in [7, 11) is 0. The molecule has 0 bridgehead atoms. The van der Waals surface area contributed by atoms with Crippen molar-refractivity contribution in [2.24, 2.45) is 0 Å². The average molecular weight is 504 g/mol. The number of pyridine rings is 2. The molecule has 4 aromatic heterocycles. The molecule has 7 heteroatoms. The second-order valence-electron chi connectivity index (χ2n) is 9.93. The number of hydrogen-bond donors (Lipinski definition) is 2. The van der Waals surface area contributed by atoms with Crippen molar-refractivity contribution in [3.8, 4) is 39.5 Å². The Balaban J connectivity index is 1.25. The van der Waals surface area contributed by atoms with Gasteiger partial charge in [-0.25, -0.2) is 4.39 Å². The van der Waals surface area contributed by atoms with Crippen LogP contribution in [0.15, 0.2) is 79.3 Å². The minimum absolute atomic E-state index is 0.268. The van der Waals surface area contributed by atoms with Crippen LogP contribution in [0.5, 0.6) is 5.75 Å². The van der Waals surface area contributed by atoms with Crippen LogP contribution in [0.25, 0.3) is 55.6 Å². The van der Waals surface area contributed by atoms with Gasteiger partial charge < -0.3 is 9.72 Å². The summed E-state index contributed by atoms with van der Waals surface area (Å²) in [4.78, 5) is 12.5. The van der Waals surface area contributed by atoms with Crippen LogP contribution in [0.2, 0.25) is 0 Å². The van der Waals surface area contributed by atoms with Crippen LogP contribution in [0.4, 0.5) is 4.39 Å².